The van der Waals surface area contributed by atoms with E-state index in [9.17, 15) is 4.79 Å². The number of carbonyl (C=O) groups is 1. The Balaban J connectivity index is 2.09. The summed E-state index contributed by atoms with van der Waals surface area (Å²) in [6, 6.07) is 5.67. The number of carbonyl (C=O) groups excluding carboxylic acids is 1. The smallest absolute Gasteiger partial charge is 0.244 e. The van der Waals surface area contributed by atoms with Crippen LogP contribution in [0, 0.1) is 6.92 Å². The first kappa shape index (κ1) is 15.8. The Morgan fingerprint density at radius 1 is 1.33 bits per heavy atom. The highest BCUT2D eigenvalue weighted by atomic mass is 16.5. The van der Waals surface area contributed by atoms with Crippen molar-refractivity contribution in [3.8, 4) is 5.75 Å². The largest absolute Gasteiger partial charge is 0.497 e. The van der Waals surface area contributed by atoms with Gasteiger partial charge < -0.3 is 15.4 Å². The van der Waals surface area contributed by atoms with Crippen molar-refractivity contribution in [3.05, 3.63) is 23.8 Å². The van der Waals surface area contributed by atoms with Crippen molar-refractivity contribution in [2.24, 2.45) is 0 Å². The quantitative estimate of drug-likeness (QED) is 0.885. The number of methoxy groups -OCH3 is 1. The third-order valence-electron chi connectivity index (χ3n) is 4.15. The van der Waals surface area contributed by atoms with E-state index in [0.717, 1.165) is 43.2 Å². The highest BCUT2D eigenvalue weighted by Crippen LogP contribution is 2.23. The first-order valence-corrected chi connectivity index (χ1v) is 7.37. The summed E-state index contributed by atoms with van der Waals surface area (Å²) in [5.74, 6) is 0.824. The number of hydrogen-bond donors (Lipinski definition) is 2. The molecule has 0 atom stereocenters. The van der Waals surface area contributed by atoms with Crippen LogP contribution in [0.3, 0.4) is 0 Å². The summed E-state index contributed by atoms with van der Waals surface area (Å²) in [6.45, 7) is 9.57. The molecule has 0 spiro atoms. The lowest BCUT2D eigenvalue weighted by molar-refractivity contribution is -0.126. The molecule has 2 N–H and O–H groups in total. The molecule has 0 aromatic heterocycles. The van der Waals surface area contributed by atoms with Crippen LogP contribution < -0.4 is 15.4 Å². The van der Waals surface area contributed by atoms with Crippen LogP contribution in [-0.2, 0) is 4.79 Å². The first-order valence-electron chi connectivity index (χ1n) is 7.37. The van der Waals surface area contributed by atoms with Gasteiger partial charge in [0.15, 0.2) is 0 Å². The van der Waals surface area contributed by atoms with E-state index in [4.69, 9.17) is 4.74 Å². The minimum atomic E-state index is -0.519. The second-order valence-electron chi connectivity index (χ2n) is 5.93. The van der Waals surface area contributed by atoms with Gasteiger partial charge in [-0.15, -0.1) is 0 Å². The molecule has 2 rings (SSSR count). The Morgan fingerprint density at radius 2 is 2.00 bits per heavy atom. The van der Waals surface area contributed by atoms with E-state index in [0.29, 0.717) is 0 Å². The predicted molar refractivity (Wildman–Crippen MR) is 84.9 cm³/mol. The van der Waals surface area contributed by atoms with Crippen LogP contribution in [0.1, 0.15) is 19.4 Å². The molecule has 5 nitrogen and oxygen atoms in total. The van der Waals surface area contributed by atoms with E-state index in [1.54, 1.807) is 7.11 Å². The molecule has 0 bridgehead atoms. The summed E-state index contributed by atoms with van der Waals surface area (Å²) in [5.41, 5.74) is 1.32. The Labute approximate surface area is 126 Å². The van der Waals surface area contributed by atoms with Gasteiger partial charge in [0.25, 0.3) is 0 Å². The SMILES string of the molecule is COc1ccc(NC(=O)C(C)(C)N2CCNCC2)c(C)c1. The Bertz CT molecular complexity index is 508. The third-order valence-corrected chi connectivity index (χ3v) is 4.15. The minimum absolute atomic E-state index is 0.0256. The number of aryl methyl sites for hydroxylation is 1. The molecule has 5 heteroatoms. The van der Waals surface area contributed by atoms with E-state index in [2.05, 4.69) is 15.5 Å². The van der Waals surface area contributed by atoms with Crippen molar-refractivity contribution >= 4 is 11.6 Å². The molecular formula is C16H25N3O2. The molecule has 1 saturated heterocycles. The Morgan fingerprint density at radius 3 is 2.57 bits per heavy atom. The zero-order valence-corrected chi connectivity index (χ0v) is 13.3. The zero-order chi connectivity index (χ0) is 15.5. The van der Waals surface area contributed by atoms with Gasteiger partial charge >= 0.3 is 0 Å². The summed E-state index contributed by atoms with van der Waals surface area (Å²) in [5, 5.41) is 6.35. The second-order valence-corrected chi connectivity index (χ2v) is 5.93. The van der Waals surface area contributed by atoms with Gasteiger partial charge in [-0.1, -0.05) is 0 Å². The molecule has 1 fully saturated rings. The molecule has 21 heavy (non-hydrogen) atoms. The number of rotatable bonds is 4. The number of anilines is 1. The Kier molecular flexibility index (Phi) is 4.85. The molecule has 0 aliphatic carbocycles. The maximum atomic E-state index is 12.6. The van der Waals surface area contributed by atoms with E-state index in [1.807, 2.05) is 39.0 Å². The van der Waals surface area contributed by atoms with Gasteiger partial charge in [-0.05, 0) is 44.5 Å². The van der Waals surface area contributed by atoms with Crippen molar-refractivity contribution in [3.63, 3.8) is 0 Å². The maximum absolute atomic E-state index is 12.6. The maximum Gasteiger partial charge on any atom is 0.244 e. The van der Waals surface area contributed by atoms with Crippen LogP contribution in [0.25, 0.3) is 0 Å². The molecule has 1 aromatic rings. The average molecular weight is 291 g/mol. The molecule has 1 aliphatic rings. The van der Waals surface area contributed by atoms with Gasteiger partial charge in [0.1, 0.15) is 5.75 Å². The monoisotopic (exact) mass is 291 g/mol. The normalized spacial score (nSPS) is 16.6. The number of benzene rings is 1. The molecule has 0 saturated carbocycles. The van der Waals surface area contributed by atoms with E-state index in [1.165, 1.54) is 0 Å². The van der Waals surface area contributed by atoms with E-state index < -0.39 is 5.54 Å². The van der Waals surface area contributed by atoms with Crippen molar-refractivity contribution in [2.75, 3.05) is 38.6 Å². The number of piperazine rings is 1. The fourth-order valence-electron chi connectivity index (χ4n) is 2.55. The summed E-state index contributed by atoms with van der Waals surface area (Å²) in [6.07, 6.45) is 0. The molecule has 116 valence electrons. The summed E-state index contributed by atoms with van der Waals surface area (Å²) < 4.78 is 5.19. The van der Waals surface area contributed by atoms with Gasteiger partial charge in [-0.2, -0.15) is 0 Å². The van der Waals surface area contributed by atoms with Crippen LogP contribution in [0.4, 0.5) is 5.69 Å². The molecule has 0 radical (unpaired) electrons. The lowest BCUT2D eigenvalue weighted by Crippen LogP contribution is -2.58. The van der Waals surface area contributed by atoms with Crippen molar-refractivity contribution in [1.29, 1.82) is 0 Å². The number of amides is 1. The van der Waals surface area contributed by atoms with Gasteiger partial charge in [0, 0.05) is 31.9 Å². The fourth-order valence-corrected chi connectivity index (χ4v) is 2.55. The van der Waals surface area contributed by atoms with Crippen LogP contribution in [0.5, 0.6) is 5.75 Å². The minimum Gasteiger partial charge on any atom is -0.497 e. The third kappa shape index (κ3) is 3.54. The van der Waals surface area contributed by atoms with E-state index in [-0.39, 0.29) is 5.91 Å². The van der Waals surface area contributed by atoms with Crippen molar-refractivity contribution < 1.29 is 9.53 Å². The summed E-state index contributed by atoms with van der Waals surface area (Å²) >= 11 is 0. The second kappa shape index (κ2) is 6.45. The molecule has 1 amide bonds. The van der Waals surface area contributed by atoms with Gasteiger partial charge in [-0.25, -0.2) is 0 Å². The Hall–Kier alpha value is -1.59. The van der Waals surface area contributed by atoms with Crippen LogP contribution >= 0.6 is 0 Å². The average Bonchev–Trinajstić information content (AvgIpc) is 2.50. The number of nitrogens with zero attached hydrogens (tertiary/aromatic N) is 1. The van der Waals surface area contributed by atoms with Crippen LogP contribution in [0.2, 0.25) is 0 Å². The van der Waals surface area contributed by atoms with Crippen molar-refractivity contribution in [2.45, 2.75) is 26.3 Å². The highest BCUT2D eigenvalue weighted by molar-refractivity contribution is 5.98. The van der Waals surface area contributed by atoms with Crippen LogP contribution in [0.15, 0.2) is 18.2 Å². The topological polar surface area (TPSA) is 53.6 Å². The van der Waals surface area contributed by atoms with E-state index >= 15 is 0 Å². The molecular weight excluding hydrogens is 266 g/mol. The molecule has 1 aliphatic heterocycles. The van der Waals surface area contributed by atoms with Gasteiger partial charge in [0.2, 0.25) is 5.91 Å². The number of nitrogens with one attached hydrogen (secondary N) is 2. The summed E-state index contributed by atoms with van der Waals surface area (Å²) in [4.78, 5) is 14.9. The fraction of sp³-hybridized carbons (Fsp3) is 0.562. The van der Waals surface area contributed by atoms with Gasteiger partial charge in [-0.3, -0.25) is 9.69 Å². The van der Waals surface area contributed by atoms with Gasteiger partial charge in [0.05, 0.1) is 12.6 Å². The molecule has 1 heterocycles. The predicted octanol–water partition coefficient (Wildman–Crippen LogP) is 1.63. The lowest BCUT2D eigenvalue weighted by Gasteiger charge is -2.39. The van der Waals surface area contributed by atoms with Crippen LogP contribution in [-0.4, -0.2) is 49.6 Å². The van der Waals surface area contributed by atoms with Crippen molar-refractivity contribution in [1.82, 2.24) is 10.2 Å². The lowest BCUT2D eigenvalue weighted by atomic mass is 10.00. The molecule has 1 aromatic carbocycles. The summed E-state index contributed by atoms with van der Waals surface area (Å²) in [7, 11) is 1.64. The molecule has 0 unspecified atom stereocenters. The number of hydrogen-bond acceptors (Lipinski definition) is 4. The zero-order valence-electron chi connectivity index (χ0n) is 13.3. The number of ether oxygens (including phenoxy) is 1. The first-order chi connectivity index (χ1) is 9.95. The highest BCUT2D eigenvalue weighted by Gasteiger charge is 2.35. The standard InChI is InChI=1S/C16H25N3O2/c1-12-11-13(21-4)5-6-14(12)18-15(20)16(2,3)19-9-7-17-8-10-19/h5-6,11,17H,7-10H2,1-4H3,(H,18,20).